The molecule has 0 aliphatic carbocycles. The van der Waals surface area contributed by atoms with Crippen molar-refractivity contribution in [3.05, 3.63) is 95.6 Å². The molecule has 35 nitrogen and oxygen atoms in total. The normalized spacial score (nSPS) is 35.4. The summed E-state index contributed by atoms with van der Waals surface area (Å²) in [6, 6.07) is 14.9. The maximum absolute atomic E-state index is 14.5. The van der Waals surface area contributed by atoms with Gasteiger partial charge in [-0.1, -0.05) is 30.3 Å². The van der Waals surface area contributed by atoms with Gasteiger partial charge in [-0.15, -0.1) is 0 Å². The number of aliphatic hydroxyl groups excluding tert-OH is 12. The summed E-state index contributed by atoms with van der Waals surface area (Å²) in [7, 11) is 2.51. The summed E-state index contributed by atoms with van der Waals surface area (Å²) in [5.74, 6) is -9.44. The molecule has 0 amide bonds. The number of ether oxygens (including phenoxy) is 16. The molecule has 530 valence electrons. The van der Waals surface area contributed by atoms with E-state index in [1.54, 1.807) is 6.07 Å². The number of esters is 5. The SMILES string of the molecule is COc1cc(/C=C\C(=O)OC[C@]2(O[C@H]3O[C@H](COC(C)=O)[C@@H](OC(=O)/C=C\c4ccc(O)c(OC)c4)[C@H](O[C@@H]4O[C@@H](COC(C)=O)[C@@H](O)[C@H](O[C@@H]5O[C@@H](CO)[C@@H](O)[C@H](O)[C@H]5O)[C@H]4O)[C@H]3O[C@H]3O[C@@H](CO)[C@@H](O)[C@H](O)[C@H]3O)O[C@@H](CO)[C@@H](O)[C@@H]2OC(=O)c2ccccc2)ccc1O. The molecular formula is C61H76O35. The van der Waals surface area contributed by atoms with E-state index < -0.39 is 216 Å². The number of rotatable bonds is 26. The Morgan fingerprint density at radius 1 is 0.479 bits per heavy atom. The lowest BCUT2D eigenvalue weighted by Gasteiger charge is -2.51. The van der Waals surface area contributed by atoms with Crippen LogP contribution in [0.2, 0.25) is 0 Å². The van der Waals surface area contributed by atoms with Crippen molar-refractivity contribution in [2.24, 2.45) is 0 Å². The van der Waals surface area contributed by atoms with Gasteiger partial charge in [0.05, 0.1) is 39.6 Å². The van der Waals surface area contributed by atoms with E-state index in [2.05, 4.69) is 0 Å². The first kappa shape index (κ1) is 74.6. The highest BCUT2D eigenvalue weighted by atomic mass is 16.8. The highest BCUT2D eigenvalue weighted by Gasteiger charge is 2.64. The third-order valence-electron chi connectivity index (χ3n) is 15.8. The molecule has 24 atom stereocenters. The number of hydrogen-bond donors (Lipinski definition) is 14. The van der Waals surface area contributed by atoms with Crippen LogP contribution >= 0.6 is 0 Å². The summed E-state index contributed by atoms with van der Waals surface area (Å²) in [5, 5.41) is 154. The predicted octanol–water partition coefficient (Wildman–Crippen LogP) is -4.96. The lowest BCUT2D eigenvalue weighted by Crippen LogP contribution is -2.69. The summed E-state index contributed by atoms with van der Waals surface area (Å²) in [6.07, 6.45) is -46.1. The van der Waals surface area contributed by atoms with Gasteiger partial charge in [-0.05, 0) is 59.7 Å². The zero-order valence-electron chi connectivity index (χ0n) is 51.5. The molecule has 5 aliphatic rings. The summed E-state index contributed by atoms with van der Waals surface area (Å²) in [6.45, 7) is -4.57. The summed E-state index contributed by atoms with van der Waals surface area (Å²) in [4.78, 5) is 67.8. The average molecular weight is 1370 g/mol. The number of aromatic hydroxyl groups is 2. The number of carbonyl (C=O) groups is 5. The van der Waals surface area contributed by atoms with Gasteiger partial charge >= 0.3 is 29.8 Å². The third kappa shape index (κ3) is 17.6. The molecule has 5 saturated heterocycles. The van der Waals surface area contributed by atoms with Gasteiger partial charge in [-0.3, -0.25) is 9.59 Å². The Labute approximate surface area is 545 Å². The van der Waals surface area contributed by atoms with Crippen LogP contribution in [0.1, 0.15) is 35.3 Å². The zero-order chi connectivity index (χ0) is 69.9. The van der Waals surface area contributed by atoms with Crippen molar-refractivity contribution in [3.8, 4) is 23.0 Å². The Hall–Kier alpha value is -7.15. The number of aliphatic hydroxyl groups is 12. The smallest absolute Gasteiger partial charge is 0.338 e. The van der Waals surface area contributed by atoms with Crippen molar-refractivity contribution in [2.75, 3.05) is 53.9 Å². The molecule has 0 aromatic heterocycles. The monoisotopic (exact) mass is 1370 g/mol. The molecule has 5 aliphatic heterocycles. The number of phenolic OH excluding ortho intramolecular Hbond substituents is 2. The molecule has 3 aromatic carbocycles. The molecule has 5 heterocycles. The van der Waals surface area contributed by atoms with Gasteiger partial charge < -0.3 is 147 Å². The Morgan fingerprint density at radius 3 is 1.48 bits per heavy atom. The van der Waals surface area contributed by atoms with Crippen LogP contribution in [-0.2, 0) is 85.5 Å². The Balaban J connectivity index is 1.31. The van der Waals surface area contributed by atoms with E-state index in [0.717, 1.165) is 32.1 Å². The number of hydrogen-bond acceptors (Lipinski definition) is 35. The van der Waals surface area contributed by atoms with E-state index >= 15 is 0 Å². The first-order valence-electron chi connectivity index (χ1n) is 29.6. The molecule has 0 spiro atoms. The number of benzene rings is 3. The average Bonchev–Trinajstić information content (AvgIpc) is 1.77. The van der Waals surface area contributed by atoms with Crippen molar-refractivity contribution < 1.29 is 171 Å². The van der Waals surface area contributed by atoms with E-state index in [4.69, 9.17) is 75.8 Å². The van der Waals surface area contributed by atoms with E-state index in [9.17, 15) is 95.5 Å². The highest BCUT2D eigenvalue weighted by Crippen LogP contribution is 2.43. The molecule has 0 saturated carbocycles. The van der Waals surface area contributed by atoms with Crippen LogP contribution in [0.4, 0.5) is 0 Å². The zero-order valence-corrected chi connectivity index (χ0v) is 51.5. The summed E-state index contributed by atoms with van der Waals surface area (Å²) >= 11 is 0. The van der Waals surface area contributed by atoms with Gasteiger partial charge in [0.1, 0.15) is 124 Å². The maximum atomic E-state index is 14.5. The minimum Gasteiger partial charge on any atom is -0.504 e. The van der Waals surface area contributed by atoms with Crippen molar-refractivity contribution in [1.29, 1.82) is 0 Å². The molecular weight excluding hydrogens is 1290 g/mol. The second kappa shape index (κ2) is 33.4. The first-order valence-corrected chi connectivity index (χ1v) is 29.6. The number of methoxy groups -OCH3 is 2. The van der Waals surface area contributed by atoms with Crippen molar-refractivity contribution in [3.63, 3.8) is 0 Å². The number of phenols is 2. The first-order chi connectivity index (χ1) is 45.7. The summed E-state index contributed by atoms with van der Waals surface area (Å²) in [5.41, 5.74) is 0.304. The second-order valence-electron chi connectivity index (χ2n) is 22.4. The largest absolute Gasteiger partial charge is 0.504 e. The third-order valence-corrected chi connectivity index (χ3v) is 15.8. The van der Waals surface area contributed by atoms with Crippen LogP contribution in [0, 0.1) is 0 Å². The lowest BCUT2D eigenvalue weighted by molar-refractivity contribution is -0.423. The van der Waals surface area contributed by atoms with Crippen LogP contribution in [0.5, 0.6) is 23.0 Å². The fraction of sp³-hybridized carbons (Fsp3) is 0.557. The van der Waals surface area contributed by atoms with Crippen LogP contribution in [-0.4, -0.2) is 302 Å². The van der Waals surface area contributed by atoms with Crippen molar-refractivity contribution in [2.45, 2.75) is 161 Å². The quantitative estimate of drug-likeness (QED) is 0.0203. The predicted molar refractivity (Wildman–Crippen MR) is 310 cm³/mol. The van der Waals surface area contributed by atoms with Crippen LogP contribution in [0.15, 0.2) is 78.9 Å². The van der Waals surface area contributed by atoms with Gasteiger partial charge in [0, 0.05) is 26.0 Å². The van der Waals surface area contributed by atoms with Gasteiger partial charge in [0.15, 0.2) is 60.4 Å². The molecule has 96 heavy (non-hydrogen) atoms. The molecule has 8 rings (SSSR count). The fourth-order valence-electron chi connectivity index (χ4n) is 10.8. The van der Waals surface area contributed by atoms with E-state index in [-0.39, 0.29) is 39.7 Å². The second-order valence-corrected chi connectivity index (χ2v) is 22.4. The standard InChI is InChI=1S/C61H76O35/c1-26(65)83-23-38-44(73)52(91-57-48(77)46(75)42(71)35(20-62)86-57)50(79)59(88-38)92-53-51(90-41(70)17-13-29-11-15-32(68)34(19-29)82-4)39(24-84-27(2)66)89-60(54(53)93-58-49(78)47(76)43(72)36(21-63)87-58)96-61(25-85-40(69)16-12-28-10-14-31(67)33(18-28)81-3)55(45(74)37(22-64)95-61)94-56(80)30-8-6-5-7-9-30/h5-19,35-39,42-55,57-60,62-64,67-68,71-79H,20-25H2,1-4H3/b16-12-,17-13-/t35-,36-,37-,38-,39+,42+,43+,44+,45+,46-,47-,48+,49+,50+,51+,52-,53-,54+,55-,57-,58+,59-,60+,61+/m0/s1. The topological polar surface area (TPSA) is 516 Å². The van der Waals surface area contributed by atoms with Crippen molar-refractivity contribution >= 4 is 42.0 Å². The van der Waals surface area contributed by atoms with Crippen LogP contribution < -0.4 is 9.47 Å². The minimum absolute atomic E-state index is 0.000359. The van der Waals surface area contributed by atoms with E-state index in [1.807, 2.05) is 0 Å². The van der Waals surface area contributed by atoms with Crippen molar-refractivity contribution in [1.82, 2.24) is 0 Å². The lowest BCUT2D eigenvalue weighted by atomic mass is 9.95. The van der Waals surface area contributed by atoms with Gasteiger partial charge in [0.25, 0.3) is 0 Å². The molecule has 3 aromatic rings. The molecule has 5 fully saturated rings. The minimum atomic E-state index is -3.04. The molecule has 0 unspecified atom stereocenters. The molecule has 35 heteroatoms. The molecule has 0 radical (unpaired) electrons. The van der Waals surface area contributed by atoms with Gasteiger partial charge in [-0.25, -0.2) is 14.4 Å². The van der Waals surface area contributed by atoms with E-state index in [1.165, 1.54) is 81.0 Å². The van der Waals surface area contributed by atoms with Gasteiger partial charge in [0.2, 0.25) is 5.79 Å². The van der Waals surface area contributed by atoms with Crippen LogP contribution in [0.25, 0.3) is 12.2 Å². The maximum Gasteiger partial charge on any atom is 0.338 e. The highest BCUT2D eigenvalue weighted by molar-refractivity contribution is 5.90. The van der Waals surface area contributed by atoms with E-state index in [0.29, 0.717) is 0 Å². The Morgan fingerprint density at radius 2 is 0.958 bits per heavy atom. The molecule has 14 N–H and O–H groups in total. The fourth-order valence-corrected chi connectivity index (χ4v) is 10.8. The Bertz CT molecular complexity index is 3150. The number of carbonyl (C=O) groups excluding carboxylic acids is 5. The molecule has 0 bridgehead atoms. The van der Waals surface area contributed by atoms with Crippen LogP contribution in [0.3, 0.4) is 0 Å². The summed E-state index contributed by atoms with van der Waals surface area (Å²) < 4.78 is 94.3. The van der Waals surface area contributed by atoms with Gasteiger partial charge in [-0.2, -0.15) is 0 Å². The Kier molecular flexibility index (Phi) is 26.0.